The van der Waals surface area contributed by atoms with Crippen molar-refractivity contribution in [2.75, 3.05) is 5.73 Å². The van der Waals surface area contributed by atoms with E-state index in [0.717, 1.165) is 5.69 Å². The van der Waals surface area contributed by atoms with E-state index in [0.29, 0.717) is 10.3 Å². The molecular weight excluding hydrogens is 230 g/mol. The van der Waals surface area contributed by atoms with Crippen molar-refractivity contribution in [2.24, 2.45) is 0 Å². The van der Waals surface area contributed by atoms with E-state index in [4.69, 9.17) is 5.73 Å². The van der Waals surface area contributed by atoms with Gasteiger partial charge in [-0.25, -0.2) is 4.68 Å². The fourth-order valence-electron chi connectivity index (χ4n) is 1.08. The number of anilines is 1. The van der Waals surface area contributed by atoms with Crippen LogP contribution in [-0.4, -0.2) is 9.78 Å². The van der Waals surface area contributed by atoms with Crippen molar-refractivity contribution in [3.05, 3.63) is 41.1 Å². The fraction of sp³-hybridized carbons (Fsp3) is 0. The molecule has 0 saturated heterocycles. The number of nitrogens with zero attached hydrogens (tertiary/aromatic N) is 2. The van der Waals surface area contributed by atoms with Gasteiger partial charge in [0.05, 0.1) is 17.6 Å². The summed E-state index contributed by atoms with van der Waals surface area (Å²) in [6.07, 6.45) is 1.78. The van der Waals surface area contributed by atoms with Gasteiger partial charge in [-0.05, 0) is 28.1 Å². The first-order chi connectivity index (χ1) is 6.27. The highest BCUT2D eigenvalue weighted by Gasteiger charge is 2.02. The van der Waals surface area contributed by atoms with Crippen LogP contribution in [0.2, 0.25) is 0 Å². The number of hydrogen-bond acceptors (Lipinski definition) is 2. The lowest BCUT2D eigenvalue weighted by atomic mass is 10.3. The first kappa shape index (κ1) is 8.31. The number of aromatic nitrogens is 2. The molecule has 0 amide bonds. The minimum atomic E-state index is 0.642. The summed E-state index contributed by atoms with van der Waals surface area (Å²) in [5, 5.41) is 4.19. The van der Waals surface area contributed by atoms with E-state index in [9.17, 15) is 0 Å². The van der Waals surface area contributed by atoms with Crippen molar-refractivity contribution in [1.29, 1.82) is 0 Å². The topological polar surface area (TPSA) is 43.8 Å². The van der Waals surface area contributed by atoms with Gasteiger partial charge in [-0.2, -0.15) is 5.10 Å². The van der Waals surface area contributed by atoms with E-state index in [-0.39, 0.29) is 0 Å². The third-order valence-electron chi connectivity index (χ3n) is 1.72. The molecule has 0 saturated carbocycles. The Morgan fingerprint density at radius 2 is 1.92 bits per heavy atom. The van der Waals surface area contributed by atoms with Gasteiger partial charge in [0.2, 0.25) is 0 Å². The zero-order valence-electron chi connectivity index (χ0n) is 6.81. The lowest BCUT2D eigenvalue weighted by Crippen LogP contribution is -1.92. The fourth-order valence-corrected chi connectivity index (χ4v) is 1.35. The third-order valence-corrected chi connectivity index (χ3v) is 2.33. The van der Waals surface area contributed by atoms with E-state index in [1.807, 2.05) is 30.3 Å². The summed E-state index contributed by atoms with van der Waals surface area (Å²) in [7, 11) is 0. The Kier molecular flexibility index (Phi) is 2.06. The monoisotopic (exact) mass is 237 g/mol. The maximum absolute atomic E-state index is 5.65. The molecule has 2 aromatic rings. The summed E-state index contributed by atoms with van der Waals surface area (Å²) >= 11 is 3.26. The molecule has 2 N–H and O–H groups in total. The Morgan fingerprint density at radius 1 is 1.23 bits per heavy atom. The minimum Gasteiger partial charge on any atom is -0.395 e. The van der Waals surface area contributed by atoms with Gasteiger partial charge in [0.15, 0.2) is 4.60 Å². The van der Waals surface area contributed by atoms with Gasteiger partial charge in [-0.15, -0.1) is 0 Å². The molecule has 0 aliphatic carbocycles. The number of halogens is 1. The van der Waals surface area contributed by atoms with Crippen LogP contribution in [0, 0.1) is 0 Å². The number of benzene rings is 1. The smallest absolute Gasteiger partial charge is 0.151 e. The van der Waals surface area contributed by atoms with Crippen LogP contribution in [0.5, 0.6) is 0 Å². The van der Waals surface area contributed by atoms with Crippen LogP contribution < -0.4 is 5.73 Å². The van der Waals surface area contributed by atoms with Crippen molar-refractivity contribution in [3.8, 4) is 5.69 Å². The van der Waals surface area contributed by atoms with Crippen molar-refractivity contribution >= 4 is 21.6 Å². The van der Waals surface area contributed by atoms with Gasteiger partial charge >= 0.3 is 0 Å². The van der Waals surface area contributed by atoms with Gasteiger partial charge in [-0.1, -0.05) is 18.2 Å². The van der Waals surface area contributed by atoms with Gasteiger partial charge in [0.25, 0.3) is 0 Å². The van der Waals surface area contributed by atoms with Crippen LogP contribution >= 0.6 is 15.9 Å². The molecule has 0 aliphatic rings. The number of nitrogens with two attached hydrogens (primary N) is 1. The van der Waals surface area contributed by atoms with Gasteiger partial charge in [0.1, 0.15) is 0 Å². The zero-order valence-corrected chi connectivity index (χ0v) is 8.40. The minimum absolute atomic E-state index is 0.642. The Balaban J connectivity index is 2.48. The molecule has 4 heteroatoms. The molecule has 0 fully saturated rings. The van der Waals surface area contributed by atoms with E-state index in [2.05, 4.69) is 21.0 Å². The average Bonchev–Trinajstić information content (AvgIpc) is 2.49. The second-order valence-electron chi connectivity index (χ2n) is 2.66. The highest BCUT2D eigenvalue weighted by atomic mass is 79.9. The number of nitrogen functional groups attached to an aromatic ring is 1. The standard InChI is InChI=1S/C9H8BrN3/c10-9-8(11)6-13(12-9)7-4-2-1-3-5-7/h1-6H,11H2. The normalized spacial score (nSPS) is 10.2. The molecule has 0 spiro atoms. The van der Waals surface area contributed by atoms with Crippen molar-refractivity contribution in [1.82, 2.24) is 9.78 Å². The van der Waals surface area contributed by atoms with E-state index in [1.165, 1.54) is 0 Å². The second-order valence-corrected chi connectivity index (χ2v) is 3.41. The molecule has 0 radical (unpaired) electrons. The largest absolute Gasteiger partial charge is 0.395 e. The van der Waals surface area contributed by atoms with Gasteiger partial charge < -0.3 is 5.73 Å². The molecule has 0 atom stereocenters. The van der Waals surface area contributed by atoms with Crippen LogP contribution in [-0.2, 0) is 0 Å². The molecule has 3 nitrogen and oxygen atoms in total. The Hall–Kier alpha value is -1.29. The van der Waals surface area contributed by atoms with Crippen LogP contribution in [0.4, 0.5) is 5.69 Å². The average molecular weight is 238 g/mol. The van der Waals surface area contributed by atoms with Crippen LogP contribution in [0.25, 0.3) is 5.69 Å². The number of rotatable bonds is 1. The predicted octanol–water partition coefficient (Wildman–Crippen LogP) is 2.22. The maximum atomic E-state index is 5.65. The van der Waals surface area contributed by atoms with Crippen LogP contribution in [0.15, 0.2) is 41.1 Å². The van der Waals surface area contributed by atoms with E-state index < -0.39 is 0 Å². The molecule has 66 valence electrons. The zero-order chi connectivity index (χ0) is 9.26. The molecule has 1 aromatic heterocycles. The maximum Gasteiger partial charge on any atom is 0.151 e. The molecule has 13 heavy (non-hydrogen) atoms. The second kappa shape index (κ2) is 3.22. The van der Waals surface area contributed by atoms with Gasteiger partial charge in [-0.3, -0.25) is 0 Å². The molecule has 1 heterocycles. The van der Waals surface area contributed by atoms with E-state index in [1.54, 1.807) is 10.9 Å². The van der Waals surface area contributed by atoms with E-state index >= 15 is 0 Å². The first-order valence-electron chi connectivity index (χ1n) is 3.83. The number of para-hydroxylation sites is 1. The molecule has 0 unspecified atom stereocenters. The van der Waals surface area contributed by atoms with Crippen molar-refractivity contribution < 1.29 is 0 Å². The first-order valence-corrected chi connectivity index (χ1v) is 4.63. The molecule has 1 aromatic carbocycles. The van der Waals surface area contributed by atoms with Gasteiger partial charge in [0, 0.05) is 0 Å². The lowest BCUT2D eigenvalue weighted by molar-refractivity contribution is 0.870. The number of hydrogen-bond donors (Lipinski definition) is 1. The van der Waals surface area contributed by atoms with Crippen molar-refractivity contribution in [2.45, 2.75) is 0 Å². The summed E-state index contributed by atoms with van der Waals surface area (Å²) < 4.78 is 2.41. The summed E-state index contributed by atoms with van der Waals surface area (Å²) in [4.78, 5) is 0. The highest BCUT2D eigenvalue weighted by molar-refractivity contribution is 9.10. The quantitative estimate of drug-likeness (QED) is 0.827. The summed E-state index contributed by atoms with van der Waals surface area (Å²) in [5.41, 5.74) is 7.29. The molecule has 0 bridgehead atoms. The van der Waals surface area contributed by atoms with Crippen molar-refractivity contribution in [3.63, 3.8) is 0 Å². The lowest BCUT2D eigenvalue weighted by Gasteiger charge is -1.98. The Labute approximate surface area is 84.3 Å². The Bertz CT molecular complexity index is 389. The third kappa shape index (κ3) is 1.58. The molecule has 2 rings (SSSR count). The predicted molar refractivity (Wildman–Crippen MR) is 55.7 cm³/mol. The Morgan fingerprint density at radius 3 is 2.46 bits per heavy atom. The highest BCUT2D eigenvalue weighted by Crippen LogP contribution is 2.18. The summed E-state index contributed by atoms with van der Waals surface area (Å²) in [6.45, 7) is 0. The van der Waals surface area contributed by atoms with Crippen LogP contribution in [0.1, 0.15) is 0 Å². The SMILES string of the molecule is Nc1cn(-c2ccccc2)nc1Br. The summed E-state index contributed by atoms with van der Waals surface area (Å²) in [5.74, 6) is 0. The summed E-state index contributed by atoms with van der Waals surface area (Å²) in [6, 6.07) is 9.82. The molecular formula is C9H8BrN3. The molecule has 0 aliphatic heterocycles. The van der Waals surface area contributed by atoms with Crippen LogP contribution in [0.3, 0.4) is 0 Å².